The van der Waals surface area contributed by atoms with Gasteiger partial charge in [0.05, 0.1) is 0 Å². The highest BCUT2D eigenvalue weighted by molar-refractivity contribution is 4.89. The zero-order chi connectivity index (χ0) is 17.9. The highest BCUT2D eigenvalue weighted by atomic mass is 14.4. The topological polar surface area (TPSA) is 0 Å². The minimum Gasteiger partial charge on any atom is -0.0625 e. The summed E-state index contributed by atoms with van der Waals surface area (Å²) >= 11 is 0. The van der Waals surface area contributed by atoms with Crippen LogP contribution in [-0.4, -0.2) is 0 Å². The SMILES string of the molecule is CC1CCC(C2CCC(C3CCC(C4CCCCC4)CC3)C(C)C2)CC1. The highest BCUT2D eigenvalue weighted by Crippen LogP contribution is 2.49. The summed E-state index contributed by atoms with van der Waals surface area (Å²) in [6.07, 6.45) is 24.9. The van der Waals surface area contributed by atoms with Crippen molar-refractivity contribution < 1.29 is 0 Å². The molecule has 4 saturated carbocycles. The van der Waals surface area contributed by atoms with Crippen molar-refractivity contribution in [1.29, 1.82) is 0 Å². The van der Waals surface area contributed by atoms with E-state index in [-0.39, 0.29) is 0 Å². The molecule has 0 amide bonds. The normalized spacial score (nSPS) is 46.2. The second-order valence-electron chi connectivity index (χ2n) is 11.3. The Balaban J connectivity index is 1.23. The maximum atomic E-state index is 2.63. The molecule has 3 atom stereocenters. The molecule has 0 bridgehead atoms. The molecule has 26 heavy (non-hydrogen) atoms. The Bertz CT molecular complexity index is 404. The number of hydrogen-bond acceptors (Lipinski definition) is 0. The van der Waals surface area contributed by atoms with E-state index >= 15 is 0 Å². The average molecular weight is 359 g/mol. The molecule has 3 unspecified atom stereocenters. The predicted octanol–water partition coefficient (Wildman–Crippen LogP) is 8.25. The van der Waals surface area contributed by atoms with Gasteiger partial charge in [0.25, 0.3) is 0 Å². The summed E-state index contributed by atoms with van der Waals surface area (Å²) in [4.78, 5) is 0. The zero-order valence-electron chi connectivity index (χ0n) is 17.9. The first-order valence-electron chi connectivity index (χ1n) is 12.7. The smallest absolute Gasteiger partial charge is 0.0360 e. The fraction of sp³-hybridized carbons (Fsp3) is 1.00. The molecule has 0 aromatic carbocycles. The van der Waals surface area contributed by atoms with E-state index in [1.807, 2.05) is 0 Å². The first-order chi connectivity index (χ1) is 12.7. The summed E-state index contributed by atoms with van der Waals surface area (Å²) < 4.78 is 0. The van der Waals surface area contributed by atoms with Gasteiger partial charge >= 0.3 is 0 Å². The van der Waals surface area contributed by atoms with Crippen LogP contribution >= 0.6 is 0 Å². The largest absolute Gasteiger partial charge is 0.0625 e. The number of rotatable bonds is 3. The van der Waals surface area contributed by atoms with E-state index in [2.05, 4.69) is 13.8 Å². The van der Waals surface area contributed by atoms with Crippen molar-refractivity contribution in [2.45, 2.75) is 117 Å². The fourth-order valence-corrected chi connectivity index (χ4v) is 8.00. The van der Waals surface area contributed by atoms with Gasteiger partial charge in [-0.15, -0.1) is 0 Å². The maximum Gasteiger partial charge on any atom is -0.0360 e. The fourth-order valence-electron chi connectivity index (χ4n) is 8.00. The van der Waals surface area contributed by atoms with Gasteiger partial charge in [0.2, 0.25) is 0 Å². The second kappa shape index (κ2) is 9.00. The van der Waals surface area contributed by atoms with Crippen molar-refractivity contribution in [3.05, 3.63) is 0 Å². The maximum absolute atomic E-state index is 2.63. The Hall–Kier alpha value is 0. The molecule has 4 aliphatic carbocycles. The molecule has 0 aromatic heterocycles. The zero-order valence-corrected chi connectivity index (χ0v) is 17.9. The lowest BCUT2D eigenvalue weighted by atomic mass is 9.60. The molecular formula is C26H46. The summed E-state index contributed by atoms with van der Waals surface area (Å²) in [7, 11) is 0. The van der Waals surface area contributed by atoms with Gasteiger partial charge in [-0.3, -0.25) is 0 Å². The molecule has 0 heterocycles. The Morgan fingerprint density at radius 3 is 1.58 bits per heavy atom. The third kappa shape index (κ3) is 4.52. The van der Waals surface area contributed by atoms with E-state index < -0.39 is 0 Å². The Labute approximate surface area is 164 Å². The minimum atomic E-state index is 1.01. The van der Waals surface area contributed by atoms with Crippen LogP contribution in [0, 0.1) is 47.3 Å². The van der Waals surface area contributed by atoms with Crippen LogP contribution in [0.25, 0.3) is 0 Å². The molecule has 0 N–H and O–H groups in total. The summed E-state index contributed by atoms with van der Waals surface area (Å²) in [5.41, 5.74) is 0. The van der Waals surface area contributed by atoms with Gasteiger partial charge in [0.1, 0.15) is 0 Å². The van der Waals surface area contributed by atoms with Gasteiger partial charge in [0, 0.05) is 0 Å². The van der Waals surface area contributed by atoms with Crippen LogP contribution in [0.3, 0.4) is 0 Å². The average Bonchev–Trinajstić information content (AvgIpc) is 2.69. The molecule has 0 aliphatic heterocycles. The van der Waals surface area contributed by atoms with Gasteiger partial charge < -0.3 is 0 Å². The van der Waals surface area contributed by atoms with Crippen LogP contribution < -0.4 is 0 Å². The summed E-state index contributed by atoms with van der Waals surface area (Å²) in [5, 5.41) is 0. The lowest BCUT2D eigenvalue weighted by molar-refractivity contribution is 0.0550. The molecule has 0 heteroatoms. The van der Waals surface area contributed by atoms with Crippen molar-refractivity contribution >= 4 is 0 Å². The predicted molar refractivity (Wildman–Crippen MR) is 113 cm³/mol. The van der Waals surface area contributed by atoms with Crippen molar-refractivity contribution in [1.82, 2.24) is 0 Å². The minimum absolute atomic E-state index is 1.01. The van der Waals surface area contributed by atoms with Gasteiger partial charge in [0.15, 0.2) is 0 Å². The number of hydrogen-bond donors (Lipinski definition) is 0. The van der Waals surface area contributed by atoms with Crippen LogP contribution in [-0.2, 0) is 0 Å². The van der Waals surface area contributed by atoms with Gasteiger partial charge in [-0.25, -0.2) is 0 Å². The Morgan fingerprint density at radius 1 is 0.423 bits per heavy atom. The summed E-state index contributed by atoms with van der Waals surface area (Å²) in [5.74, 6) is 8.62. The molecular weight excluding hydrogens is 312 g/mol. The highest BCUT2D eigenvalue weighted by Gasteiger charge is 2.38. The van der Waals surface area contributed by atoms with E-state index in [0.717, 1.165) is 47.3 Å². The van der Waals surface area contributed by atoms with Gasteiger partial charge in [-0.05, 0) is 105 Å². The van der Waals surface area contributed by atoms with Crippen molar-refractivity contribution in [2.24, 2.45) is 47.3 Å². The van der Waals surface area contributed by atoms with E-state index in [4.69, 9.17) is 0 Å². The second-order valence-corrected chi connectivity index (χ2v) is 11.3. The molecule has 150 valence electrons. The van der Waals surface area contributed by atoms with E-state index in [9.17, 15) is 0 Å². The Kier molecular flexibility index (Phi) is 6.69. The van der Waals surface area contributed by atoms with E-state index in [1.54, 1.807) is 70.6 Å². The van der Waals surface area contributed by atoms with Gasteiger partial charge in [-0.1, -0.05) is 58.8 Å². The van der Waals surface area contributed by atoms with E-state index in [1.165, 1.54) is 32.1 Å². The molecule has 0 radical (unpaired) electrons. The molecule has 4 rings (SSSR count). The van der Waals surface area contributed by atoms with Gasteiger partial charge in [-0.2, -0.15) is 0 Å². The summed E-state index contributed by atoms with van der Waals surface area (Å²) in [6, 6.07) is 0. The van der Waals surface area contributed by atoms with Crippen LogP contribution in [0.15, 0.2) is 0 Å². The van der Waals surface area contributed by atoms with Crippen LogP contribution in [0.1, 0.15) is 117 Å². The van der Waals surface area contributed by atoms with Crippen molar-refractivity contribution in [3.63, 3.8) is 0 Å². The molecule has 0 saturated heterocycles. The standard InChI is InChI=1S/C26H46/c1-19-8-10-23(11-9-19)25-16-17-26(20(2)18-25)24-14-12-22(13-15-24)21-6-4-3-5-7-21/h19-26H,3-18H2,1-2H3. The lowest BCUT2D eigenvalue weighted by Gasteiger charge is -2.45. The molecule has 0 nitrogen and oxygen atoms in total. The lowest BCUT2D eigenvalue weighted by Crippen LogP contribution is -2.35. The molecule has 0 aromatic rings. The van der Waals surface area contributed by atoms with Crippen molar-refractivity contribution in [3.8, 4) is 0 Å². The van der Waals surface area contributed by atoms with Crippen LogP contribution in [0.2, 0.25) is 0 Å². The molecule has 4 fully saturated rings. The Morgan fingerprint density at radius 2 is 0.923 bits per heavy atom. The first-order valence-corrected chi connectivity index (χ1v) is 12.7. The van der Waals surface area contributed by atoms with Crippen molar-refractivity contribution in [2.75, 3.05) is 0 Å². The van der Waals surface area contributed by atoms with E-state index in [0.29, 0.717) is 0 Å². The monoisotopic (exact) mass is 358 g/mol. The third-order valence-electron chi connectivity index (χ3n) is 9.74. The third-order valence-corrected chi connectivity index (χ3v) is 9.74. The molecule has 4 aliphatic rings. The summed E-state index contributed by atoms with van der Waals surface area (Å²) in [6.45, 7) is 5.11. The quantitative estimate of drug-likeness (QED) is 0.476. The van der Waals surface area contributed by atoms with Crippen LogP contribution in [0.5, 0.6) is 0 Å². The molecule has 0 spiro atoms. The first kappa shape index (κ1) is 19.3. The van der Waals surface area contributed by atoms with Crippen LogP contribution in [0.4, 0.5) is 0 Å².